The molecular formula is C17H18F2O4S. The Balaban J connectivity index is 1.89. The Kier molecular flexibility index (Phi) is 5.90. The van der Waals surface area contributed by atoms with E-state index < -0.39 is 27.9 Å². The summed E-state index contributed by atoms with van der Waals surface area (Å²) in [4.78, 5) is 0.0675. The van der Waals surface area contributed by atoms with Gasteiger partial charge in [0.25, 0.3) is 10.1 Å². The smallest absolute Gasteiger partial charge is 0.296 e. The van der Waals surface area contributed by atoms with E-state index in [1.165, 1.54) is 12.1 Å². The van der Waals surface area contributed by atoms with Crippen molar-refractivity contribution in [2.24, 2.45) is 0 Å². The molecule has 0 aromatic heterocycles. The van der Waals surface area contributed by atoms with E-state index in [-0.39, 0.29) is 23.7 Å². The van der Waals surface area contributed by atoms with E-state index in [0.717, 1.165) is 23.8 Å². The Morgan fingerprint density at radius 1 is 1.08 bits per heavy atom. The lowest BCUT2D eigenvalue weighted by atomic mass is 10.2. The topological polar surface area (TPSA) is 52.6 Å². The van der Waals surface area contributed by atoms with Gasteiger partial charge in [-0.2, -0.15) is 8.42 Å². The first-order valence-electron chi connectivity index (χ1n) is 7.36. The highest BCUT2D eigenvalue weighted by Gasteiger charge is 2.16. The van der Waals surface area contributed by atoms with Crippen LogP contribution in [-0.2, 0) is 14.3 Å². The molecule has 130 valence electrons. The first-order chi connectivity index (χ1) is 11.3. The van der Waals surface area contributed by atoms with Gasteiger partial charge in [-0.1, -0.05) is 17.7 Å². The van der Waals surface area contributed by atoms with Gasteiger partial charge in [0, 0.05) is 12.5 Å². The molecule has 0 N–H and O–H groups in total. The molecule has 0 radical (unpaired) electrons. The highest BCUT2D eigenvalue weighted by Crippen LogP contribution is 2.20. The van der Waals surface area contributed by atoms with E-state index in [9.17, 15) is 17.2 Å². The van der Waals surface area contributed by atoms with Crippen LogP contribution in [0, 0.1) is 18.6 Å². The molecule has 0 spiro atoms. The summed E-state index contributed by atoms with van der Waals surface area (Å²) < 4.78 is 60.8. The zero-order chi connectivity index (χ0) is 17.7. The van der Waals surface area contributed by atoms with Crippen LogP contribution in [0.25, 0.3) is 0 Å². The molecule has 4 nitrogen and oxygen atoms in total. The Labute approximate surface area is 140 Å². The summed E-state index contributed by atoms with van der Waals surface area (Å²) in [7, 11) is -3.85. The molecule has 0 saturated heterocycles. The van der Waals surface area contributed by atoms with Crippen LogP contribution in [0.5, 0.6) is 5.75 Å². The predicted octanol–water partition coefficient (Wildman–Crippen LogP) is 3.84. The molecule has 1 atom stereocenters. The third-order valence-electron chi connectivity index (χ3n) is 3.29. The number of hydrogen-bond acceptors (Lipinski definition) is 4. The van der Waals surface area contributed by atoms with Crippen molar-refractivity contribution in [3.63, 3.8) is 0 Å². The summed E-state index contributed by atoms with van der Waals surface area (Å²) in [5.74, 6) is -1.52. The first kappa shape index (κ1) is 18.4. The second-order valence-electron chi connectivity index (χ2n) is 5.38. The van der Waals surface area contributed by atoms with Crippen LogP contribution in [0.15, 0.2) is 47.4 Å². The van der Waals surface area contributed by atoms with Gasteiger partial charge in [0.2, 0.25) is 0 Å². The van der Waals surface area contributed by atoms with Gasteiger partial charge >= 0.3 is 0 Å². The zero-order valence-electron chi connectivity index (χ0n) is 13.3. The molecule has 0 aliphatic heterocycles. The van der Waals surface area contributed by atoms with Crippen molar-refractivity contribution >= 4 is 10.1 Å². The minimum atomic E-state index is -3.85. The van der Waals surface area contributed by atoms with Gasteiger partial charge in [-0.3, -0.25) is 4.18 Å². The molecule has 2 aromatic carbocycles. The third-order valence-corrected chi connectivity index (χ3v) is 4.62. The van der Waals surface area contributed by atoms with Gasteiger partial charge in [0.05, 0.1) is 17.6 Å². The molecule has 0 fully saturated rings. The summed E-state index contributed by atoms with van der Waals surface area (Å²) in [6.07, 6.45) is -0.351. The van der Waals surface area contributed by atoms with Crippen molar-refractivity contribution in [3.05, 3.63) is 59.7 Å². The van der Waals surface area contributed by atoms with E-state index >= 15 is 0 Å². The normalized spacial score (nSPS) is 12.8. The van der Waals surface area contributed by atoms with Crippen LogP contribution in [0.1, 0.15) is 18.9 Å². The fourth-order valence-electron chi connectivity index (χ4n) is 1.94. The van der Waals surface area contributed by atoms with Crippen molar-refractivity contribution < 1.29 is 26.1 Å². The van der Waals surface area contributed by atoms with Crippen LogP contribution >= 0.6 is 0 Å². The Morgan fingerprint density at radius 3 is 2.42 bits per heavy atom. The fraction of sp³-hybridized carbons (Fsp3) is 0.294. The van der Waals surface area contributed by atoms with Gasteiger partial charge in [-0.05, 0) is 38.1 Å². The molecule has 0 aliphatic carbocycles. The second-order valence-corrected chi connectivity index (χ2v) is 7.00. The molecule has 2 aromatic rings. The molecule has 7 heteroatoms. The maximum absolute atomic E-state index is 13.5. The van der Waals surface area contributed by atoms with Crippen LogP contribution in [0.3, 0.4) is 0 Å². The Bertz CT molecular complexity index is 789. The molecule has 24 heavy (non-hydrogen) atoms. The largest absolute Gasteiger partial charge is 0.487 e. The lowest BCUT2D eigenvalue weighted by Gasteiger charge is -2.15. The highest BCUT2D eigenvalue weighted by molar-refractivity contribution is 7.86. The molecule has 0 aliphatic rings. The molecule has 2 rings (SSSR count). The van der Waals surface area contributed by atoms with Gasteiger partial charge < -0.3 is 4.74 Å². The predicted molar refractivity (Wildman–Crippen MR) is 85.4 cm³/mol. The summed E-state index contributed by atoms with van der Waals surface area (Å²) in [5.41, 5.74) is 0.938. The Hall–Kier alpha value is -1.99. The number of rotatable bonds is 7. The zero-order valence-corrected chi connectivity index (χ0v) is 14.1. The maximum Gasteiger partial charge on any atom is 0.296 e. The van der Waals surface area contributed by atoms with Crippen LogP contribution in [0.4, 0.5) is 8.78 Å². The van der Waals surface area contributed by atoms with Crippen molar-refractivity contribution in [1.82, 2.24) is 0 Å². The summed E-state index contributed by atoms with van der Waals surface area (Å²) in [6.45, 7) is 3.34. The van der Waals surface area contributed by atoms with Crippen molar-refractivity contribution in [2.75, 3.05) is 6.61 Å². The van der Waals surface area contributed by atoms with Gasteiger partial charge in [0.1, 0.15) is 5.82 Å². The maximum atomic E-state index is 13.5. The number of aryl methyl sites for hydroxylation is 1. The molecule has 0 bridgehead atoms. The molecule has 0 heterocycles. The van der Waals surface area contributed by atoms with E-state index in [4.69, 9.17) is 8.92 Å². The van der Waals surface area contributed by atoms with E-state index in [1.807, 2.05) is 6.92 Å². The minimum absolute atomic E-state index is 0.0675. The number of hydrogen-bond donors (Lipinski definition) is 0. The standard InChI is InChI=1S/C17H18F2O4S/c1-12-3-6-15(7-4-12)24(20,21)22-10-9-13(2)23-17-11-14(18)5-8-16(17)19/h3-8,11,13H,9-10H2,1-2H3. The molecule has 0 amide bonds. The number of halogens is 2. The van der Waals surface area contributed by atoms with Gasteiger partial charge in [-0.25, -0.2) is 8.78 Å². The molecule has 1 unspecified atom stereocenters. The minimum Gasteiger partial charge on any atom is -0.487 e. The second kappa shape index (κ2) is 7.72. The van der Waals surface area contributed by atoms with E-state index in [0.29, 0.717) is 0 Å². The van der Waals surface area contributed by atoms with Crippen LogP contribution in [-0.4, -0.2) is 21.1 Å². The third kappa shape index (κ3) is 5.01. The van der Waals surface area contributed by atoms with E-state index in [1.54, 1.807) is 19.1 Å². The molecule has 0 saturated carbocycles. The van der Waals surface area contributed by atoms with Crippen LogP contribution in [0.2, 0.25) is 0 Å². The molecular weight excluding hydrogens is 338 g/mol. The average molecular weight is 356 g/mol. The fourth-order valence-corrected chi connectivity index (χ4v) is 2.86. The van der Waals surface area contributed by atoms with Crippen molar-refractivity contribution in [2.45, 2.75) is 31.3 Å². The van der Waals surface area contributed by atoms with Gasteiger partial charge in [-0.15, -0.1) is 0 Å². The summed E-state index contributed by atoms with van der Waals surface area (Å²) in [5, 5.41) is 0. The lowest BCUT2D eigenvalue weighted by molar-refractivity contribution is 0.172. The summed E-state index contributed by atoms with van der Waals surface area (Å²) in [6, 6.07) is 9.18. The number of ether oxygens (including phenoxy) is 1. The average Bonchev–Trinajstić information content (AvgIpc) is 2.51. The van der Waals surface area contributed by atoms with Crippen LogP contribution < -0.4 is 4.74 Å². The first-order valence-corrected chi connectivity index (χ1v) is 8.76. The lowest BCUT2D eigenvalue weighted by Crippen LogP contribution is -2.17. The van der Waals surface area contributed by atoms with Crippen molar-refractivity contribution in [1.29, 1.82) is 0 Å². The van der Waals surface area contributed by atoms with Gasteiger partial charge in [0.15, 0.2) is 11.6 Å². The quantitative estimate of drug-likeness (QED) is 0.708. The Morgan fingerprint density at radius 2 is 1.75 bits per heavy atom. The van der Waals surface area contributed by atoms with E-state index in [2.05, 4.69) is 0 Å². The summed E-state index contributed by atoms with van der Waals surface area (Å²) >= 11 is 0. The van der Waals surface area contributed by atoms with Crippen molar-refractivity contribution in [3.8, 4) is 5.75 Å². The highest BCUT2D eigenvalue weighted by atomic mass is 32.2. The number of benzene rings is 2. The monoisotopic (exact) mass is 356 g/mol. The SMILES string of the molecule is Cc1ccc(S(=O)(=O)OCCC(C)Oc2cc(F)ccc2F)cc1.